The highest BCUT2D eigenvalue weighted by molar-refractivity contribution is 14.0. The zero-order chi connectivity index (χ0) is 12.7. The van der Waals surface area contributed by atoms with E-state index in [1.165, 1.54) is 0 Å². The van der Waals surface area contributed by atoms with Crippen LogP contribution in [0.25, 0.3) is 20.2 Å². The van der Waals surface area contributed by atoms with Gasteiger partial charge in [0.2, 0.25) is 0 Å². The van der Waals surface area contributed by atoms with Crippen molar-refractivity contribution < 1.29 is 0 Å². The summed E-state index contributed by atoms with van der Waals surface area (Å²) in [5.41, 5.74) is 1.32. The van der Waals surface area contributed by atoms with Crippen LogP contribution in [0.3, 0.4) is 0 Å². The fourth-order valence-electron chi connectivity index (χ4n) is 2.35. The van der Waals surface area contributed by atoms with Gasteiger partial charge in [-0.25, -0.2) is 0 Å². The molecule has 98 valence electrons. The Balaban J connectivity index is 0.00000133. The number of hydrogen-bond acceptors (Lipinski definition) is 2. The van der Waals surface area contributed by atoms with Gasteiger partial charge >= 0.3 is 0 Å². The van der Waals surface area contributed by atoms with Crippen molar-refractivity contribution in [2.24, 2.45) is 0 Å². The van der Waals surface area contributed by atoms with Gasteiger partial charge in [-0.1, -0.05) is 38.1 Å². The fourth-order valence-corrected chi connectivity index (χ4v) is 3.47. The number of benzene rings is 2. The first kappa shape index (κ1) is 14.5. The van der Waals surface area contributed by atoms with Crippen LogP contribution in [-0.2, 0) is 0 Å². The quantitative estimate of drug-likeness (QED) is 0.420. The van der Waals surface area contributed by atoms with Crippen LogP contribution in [0.1, 0.15) is 25.3 Å². The Hall–Kier alpha value is -0.940. The molecule has 0 saturated carbocycles. The standard InChI is InChI=1S/C16H14OS.HI/c1-10(2)11-7-5-9-14-15(11)16(17)12-6-3-4-8-13(12)18-14;/h3-10H,1-2H3;1H. The van der Waals surface area contributed by atoms with Crippen molar-refractivity contribution in [3.63, 3.8) is 0 Å². The molecule has 0 aliphatic rings. The maximum Gasteiger partial charge on any atom is 0.196 e. The number of rotatable bonds is 1. The molecular weight excluding hydrogens is 367 g/mol. The lowest BCUT2D eigenvalue weighted by atomic mass is 9.98. The van der Waals surface area contributed by atoms with E-state index < -0.39 is 0 Å². The first-order valence-electron chi connectivity index (χ1n) is 6.13. The van der Waals surface area contributed by atoms with Crippen molar-refractivity contribution in [3.8, 4) is 0 Å². The van der Waals surface area contributed by atoms with Crippen molar-refractivity contribution in [2.45, 2.75) is 19.8 Å². The predicted molar refractivity (Wildman–Crippen MR) is 95.1 cm³/mol. The zero-order valence-corrected chi connectivity index (χ0v) is 14.0. The molecule has 0 fully saturated rings. The molecule has 19 heavy (non-hydrogen) atoms. The van der Waals surface area contributed by atoms with E-state index in [2.05, 4.69) is 19.9 Å². The maximum absolute atomic E-state index is 12.6. The van der Waals surface area contributed by atoms with Gasteiger partial charge in [0.05, 0.1) is 0 Å². The predicted octanol–water partition coefficient (Wildman–Crippen LogP) is 5.16. The van der Waals surface area contributed by atoms with E-state index in [4.69, 9.17) is 0 Å². The molecule has 3 heteroatoms. The first-order chi connectivity index (χ1) is 8.68. The molecule has 0 bridgehead atoms. The van der Waals surface area contributed by atoms with Crippen LogP contribution in [0.15, 0.2) is 47.3 Å². The van der Waals surface area contributed by atoms with Crippen molar-refractivity contribution in [3.05, 3.63) is 58.3 Å². The monoisotopic (exact) mass is 382 g/mol. The highest BCUT2D eigenvalue weighted by Gasteiger charge is 2.11. The number of fused-ring (bicyclic) bond motifs is 2. The lowest BCUT2D eigenvalue weighted by Crippen LogP contribution is -2.05. The summed E-state index contributed by atoms with van der Waals surface area (Å²) in [6.45, 7) is 4.27. The van der Waals surface area contributed by atoms with Gasteiger partial charge in [-0.2, -0.15) is 0 Å². The van der Waals surface area contributed by atoms with Crippen LogP contribution >= 0.6 is 35.3 Å². The van der Waals surface area contributed by atoms with Gasteiger partial charge in [-0.15, -0.1) is 35.3 Å². The van der Waals surface area contributed by atoms with E-state index in [1.807, 2.05) is 36.4 Å². The van der Waals surface area contributed by atoms with E-state index in [-0.39, 0.29) is 29.4 Å². The molecule has 3 aromatic rings. The van der Waals surface area contributed by atoms with Crippen molar-refractivity contribution in [2.75, 3.05) is 0 Å². The van der Waals surface area contributed by atoms with Crippen molar-refractivity contribution >= 4 is 55.5 Å². The molecule has 0 saturated heterocycles. The molecule has 0 N–H and O–H groups in total. The van der Waals surface area contributed by atoms with Gasteiger partial charge in [0.25, 0.3) is 0 Å². The van der Waals surface area contributed by atoms with Crippen LogP contribution in [0.5, 0.6) is 0 Å². The van der Waals surface area contributed by atoms with Crippen LogP contribution in [0, 0.1) is 0 Å². The number of hydrogen-bond donors (Lipinski definition) is 0. The second kappa shape index (κ2) is 5.59. The molecule has 2 aromatic carbocycles. The second-order valence-electron chi connectivity index (χ2n) is 4.80. The normalized spacial score (nSPS) is 10.9. The summed E-state index contributed by atoms with van der Waals surface area (Å²) in [6, 6.07) is 14.0. The van der Waals surface area contributed by atoms with Gasteiger partial charge in [0.15, 0.2) is 5.43 Å². The summed E-state index contributed by atoms with van der Waals surface area (Å²) >= 11 is 1.70. The molecule has 1 nitrogen and oxygen atoms in total. The van der Waals surface area contributed by atoms with Gasteiger partial charge in [0.1, 0.15) is 0 Å². The minimum Gasteiger partial charge on any atom is -0.288 e. The van der Waals surface area contributed by atoms with E-state index >= 15 is 0 Å². The lowest BCUT2D eigenvalue weighted by molar-refractivity contribution is 0.876. The molecule has 3 rings (SSSR count). The van der Waals surface area contributed by atoms with Gasteiger partial charge in [-0.3, -0.25) is 4.79 Å². The Bertz CT molecular complexity index is 789. The van der Waals surface area contributed by atoms with Gasteiger partial charge in [0, 0.05) is 20.2 Å². The molecule has 0 unspecified atom stereocenters. The summed E-state index contributed by atoms with van der Waals surface area (Å²) in [4.78, 5) is 12.6. The molecule has 0 radical (unpaired) electrons. The molecule has 1 aromatic heterocycles. The molecular formula is C16H15IOS. The molecule has 0 aliphatic carbocycles. The minimum atomic E-state index is 0. The lowest BCUT2D eigenvalue weighted by Gasteiger charge is -2.09. The summed E-state index contributed by atoms with van der Waals surface area (Å²) in [6.07, 6.45) is 0. The first-order valence-corrected chi connectivity index (χ1v) is 6.94. The highest BCUT2D eigenvalue weighted by Crippen LogP contribution is 2.29. The highest BCUT2D eigenvalue weighted by atomic mass is 127. The molecule has 0 atom stereocenters. The minimum absolute atomic E-state index is 0. The summed E-state index contributed by atoms with van der Waals surface area (Å²) in [5, 5.41) is 1.74. The second-order valence-corrected chi connectivity index (χ2v) is 5.89. The van der Waals surface area contributed by atoms with E-state index in [0.717, 1.165) is 25.7 Å². The third kappa shape index (κ3) is 2.41. The number of halogens is 1. The van der Waals surface area contributed by atoms with Crippen LogP contribution in [0.2, 0.25) is 0 Å². The van der Waals surface area contributed by atoms with Gasteiger partial charge in [-0.05, 0) is 29.7 Å². The largest absolute Gasteiger partial charge is 0.288 e. The Kier molecular flexibility index (Phi) is 4.26. The third-order valence-corrected chi connectivity index (χ3v) is 4.40. The van der Waals surface area contributed by atoms with Gasteiger partial charge < -0.3 is 0 Å². The smallest absolute Gasteiger partial charge is 0.196 e. The molecule has 0 aliphatic heterocycles. The van der Waals surface area contributed by atoms with Crippen molar-refractivity contribution in [1.29, 1.82) is 0 Å². The fraction of sp³-hybridized carbons (Fsp3) is 0.188. The maximum atomic E-state index is 12.6. The average Bonchev–Trinajstić information content (AvgIpc) is 2.38. The summed E-state index contributed by atoms with van der Waals surface area (Å²) in [5.74, 6) is 0.370. The summed E-state index contributed by atoms with van der Waals surface area (Å²) < 4.78 is 2.15. The van der Waals surface area contributed by atoms with Crippen molar-refractivity contribution in [1.82, 2.24) is 0 Å². The third-order valence-electron chi connectivity index (χ3n) is 3.26. The van der Waals surface area contributed by atoms with Crippen LogP contribution < -0.4 is 5.43 Å². The van der Waals surface area contributed by atoms with E-state index in [9.17, 15) is 4.79 Å². The Morgan fingerprint density at radius 2 is 1.63 bits per heavy atom. The molecule has 0 spiro atoms. The summed E-state index contributed by atoms with van der Waals surface area (Å²) in [7, 11) is 0. The molecule has 1 heterocycles. The van der Waals surface area contributed by atoms with Crippen LogP contribution in [0.4, 0.5) is 0 Å². The zero-order valence-electron chi connectivity index (χ0n) is 10.8. The van der Waals surface area contributed by atoms with E-state index in [0.29, 0.717) is 5.92 Å². The Labute approximate surface area is 133 Å². The molecule has 0 amide bonds. The topological polar surface area (TPSA) is 17.1 Å². The Morgan fingerprint density at radius 3 is 2.37 bits per heavy atom. The SMILES string of the molecule is CC(C)c1cccc2sc3ccccc3c(=O)c12.I. The van der Waals surface area contributed by atoms with E-state index in [1.54, 1.807) is 11.3 Å². The Morgan fingerprint density at radius 1 is 0.947 bits per heavy atom. The van der Waals surface area contributed by atoms with Crippen LogP contribution in [-0.4, -0.2) is 0 Å². The average molecular weight is 382 g/mol.